The van der Waals surface area contributed by atoms with Crippen LogP contribution < -0.4 is 10.6 Å². The number of nitrogens with zero attached hydrogens (tertiary/aromatic N) is 2. The molecule has 0 spiro atoms. The highest BCUT2D eigenvalue weighted by molar-refractivity contribution is 7.07. The topological polar surface area (TPSA) is 101 Å². The summed E-state index contributed by atoms with van der Waals surface area (Å²) in [5.74, 6) is -0.525. The molecule has 3 rings (SSSR count). The van der Waals surface area contributed by atoms with Crippen LogP contribution in [0.5, 0.6) is 0 Å². The Hall–Kier alpha value is -2.16. The molecule has 0 saturated carbocycles. The second-order valence-corrected chi connectivity index (χ2v) is 7.22. The molecule has 136 valence electrons. The van der Waals surface area contributed by atoms with Crippen LogP contribution in [0.3, 0.4) is 0 Å². The van der Waals surface area contributed by atoms with Crippen molar-refractivity contribution in [1.29, 1.82) is 0 Å². The molecule has 2 saturated heterocycles. The molecule has 4 atom stereocenters. The zero-order chi connectivity index (χ0) is 18.0. The van der Waals surface area contributed by atoms with E-state index >= 15 is 0 Å². The van der Waals surface area contributed by atoms with Crippen molar-refractivity contribution in [3.8, 4) is 0 Å². The van der Waals surface area contributed by atoms with Crippen molar-refractivity contribution in [2.24, 2.45) is 0 Å². The van der Waals surface area contributed by atoms with Crippen LogP contribution in [0, 0.1) is 0 Å². The Morgan fingerprint density at radius 1 is 1.52 bits per heavy atom. The van der Waals surface area contributed by atoms with Crippen LogP contribution in [-0.4, -0.2) is 58.6 Å². The zero-order valence-electron chi connectivity index (χ0n) is 14.2. The average Bonchev–Trinajstić information content (AvgIpc) is 3.28. The number of amides is 3. The van der Waals surface area contributed by atoms with Gasteiger partial charge in [0.2, 0.25) is 11.8 Å². The summed E-state index contributed by atoms with van der Waals surface area (Å²) in [6.07, 6.45) is 1.06. The molecule has 0 aliphatic carbocycles. The van der Waals surface area contributed by atoms with E-state index in [0.29, 0.717) is 13.0 Å². The molecule has 1 aromatic rings. The van der Waals surface area contributed by atoms with Crippen molar-refractivity contribution >= 4 is 29.2 Å². The van der Waals surface area contributed by atoms with E-state index in [1.165, 1.54) is 11.3 Å². The van der Waals surface area contributed by atoms with Crippen LogP contribution in [0.2, 0.25) is 0 Å². The molecule has 1 unspecified atom stereocenters. The molecule has 3 heterocycles. The number of rotatable bonds is 5. The fraction of sp³-hybridized carbons (Fsp3) is 0.625. The standard InChI is InChI=1S/C16H22N4O4S/c1-9-4-3-5-20(9)15(22)12(6-11-7-25-8-17-11)18-14(21)13-10(2)24-16(23)19-13/h7-10,12-13H,3-6H2,1-2H3,(H,18,21)(H,19,23)/t9-,10+,12+,13?/m1/s1. The van der Waals surface area contributed by atoms with E-state index in [1.54, 1.807) is 12.4 Å². The predicted octanol–water partition coefficient (Wildman–Crippen LogP) is 0.678. The van der Waals surface area contributed by atoms with Crippen LogP contribution in [0.1, 0.15) is 32.4 Å². The van der Waals surface area contributed by atoms with Gasteiger partial charge in [-0.3, -0.25) is 9.59 Å². The molecule has 2 N–H and O–H groups in total. The molecular formula is C16H22N4O4S. The number of nitrogens with one attached hydrogen (secondary N) is 2. The molecular weight excluding hydrogens is 344 g/mol. The summed E-state index contributed by atoms with van der Waals surface area (Å²) in [5, 5.41) is 7.12. The number of carbonyl (C=O) groups is 3. The third-order valence-electron chi connectivity index (χ3n) is 4.67. The molecule has 0 radical (unpaired) electrons. The van der Waals surface area contributed by atoms with Crippen molar-refractivity contribution in [1.82, 2.24) is 20.5 Å². The van der Waals surface area contributed by atoms with Gasteiger partial charge in [0.25, 0.3) is 0 Å². The van der Waals surface area contributed by atoms with Gasteiger partial charge in [-0.1, -0.05) is 0 Å². The van der Waals surface area contributed by atoms with Gasteiger partial charge in [-0.05, 0) is 26.7 Å². The Labute approximate surface area is 149 Å². The maximum absolute atomic E-state index is 12.9. The second-order valence-electron chi connectivity index (χ2n) is 6.50. The van der Waals surface area contributed by atoms with Crippen molar-refractivity contribution in [3.05, 3.63) is 16.6 Å². The van der Waals surface area contributed by atoms with Gasteiger partial charge in [0.15, 0.2) is 0 Å². The van der Waals surface area contributed by atoms with E-state index in [2.05, 4.69) is 15.6 Å². The zero-order valence-corrected chi connectivity index (χ0v) is 15.0. The van der Waals surface area contributed by atoms with Gasteiger partial charge < -0.3 is 20.3 Å². The number of carbonyl (C=O) groups excluding carboxylic acids is 3. The summed E-state index contributed by atoms with van der Waals surface area (Å²) in [6, 6.07) is -1.34. The second kappa shape index (κ2) is 7.38. The molecule has 2 aliphatic rings. The number of hydrogen-bond donors (Lipinski definition) is 2. The molecule has 8 nitrogen and oxygen atoms in total. The minimum Gasteiger partial charge on any atom is -0.444 e. The van der Waals surface area contributed by atoms with E-state index in [9.17, 15) is 14.4 Å². The lowest BCUT2D eigenvalue weighted by Crippen LogP contribution is -2.55. The third-order valence-corrected chi connectivity index (χ3v) is 5.30. The Morgan fingerprint density at radius 2 is 2.32 bits per heavy atom. The van der Waals surface area contributed by atoms with E-state index in [0.717, 1.165) is 18.5 Å². The molecule has 25 heavy (non-hydrogen) atoms. The summed E-state index contributed by atoms with van der Waals surface area (Å²) < 4.78 is 4.94. The van der Waals surface area contributed by atoms with Crippen LogP contribution in [-0.2, 0) is 20.7 Å². The van der Waals surface area contributed by atoms with Gasteiger partial charge in [-0.25, -0.2) is 9.78 Å². The van der Waals surface area contributed by atoms with Crippen molar-refractivity contribution in [2.75, 3.05) is 6.54 Å². The Kier molecular flexibility index (Phi) is 5.22. The van der Waals surface area contributed by atoms with Crippen LogP contribution in [0.4, 0.5) is 4.79 Å². The van der Waals surface area contributed by atoms with Gasteiger partial charge in [0.1, 0.15) is 18.2 Å². The highest BCUT2D eigenvalue weighted by Gasteiger charge is 2.39. The first-order valence-corrected chi connectivity index (χ1v) is 9.35. The fourth-order valence-corrected chi connectivity index (χ4v) is 3.84. The lowest BCUT2D eigenvalue weighted by atomic mass is 10.1. The average molecular weight is 366 g/mol. The summed E-state index contributed by atoms with van der Waals surface area (Å²) in [4.78, 5) is 42.8. The van der Waals surface area contributed by atoms with Gasteiger partial charge in [0, 0.05) is 24.4 Å². The van der Waals surface area contributed by atoms with Crippen molar-refractivity contribution in [2.45, 2.75) is 57.3 Å². The van der Waals surface area contributed by atoms with E-state index in [4.69, 9.17) is 4.74 Å². The molecule has 9 heteroatoms. The summed E-state index contributed by atoms with van der Waals surface area (Å²) in [7, 11) is 0. The van der Waals surface area contributed by atoms with Gasteiger partial charge in [0.05, 0.1) is 11.2 Å². The number of aromatic nitrogens is 1. The number of ether oxygens (including phenoxy) is 1. The Balaban J connectivity index is 1.72. The van der Waals surface area contributed by atoms with E-state index < -0.39 is 30.2 Å². The van der Waals surface area contributed by atoms with Crippen LogP contribution in [0.25, 0.3) is 0 Å². The Morgan fingerprint density at radius 3 is 2.88 bits per heavy atom. The summed E-state index contributed by atoms with van der Waals surface area (Å²) in [5.41, 5.74) is 2.46. The SMILES string of the molecule is C[C@@H]1OC(=O)NC1C(=O)N[C@@H](Cc1cscn1)C(=O)N1CCC[C@H]1C. The lowest BCUT2D eigenvalue weighted by Gasteiger charge is -2.28. The maximum atomic E-state index is 12.9. The fourth-order valence-electron chi connectivity index (χ4n) is 3.26. The first-order chi connectivity index (χ1) is 12.0. The molecule has 3 amide bonds. The number of alkyl carbamates (subject to hydrolysis) is 1. The molecule has 0 aromatic carbocycles. The minimum absolute atomic E-state index is 0.107. The van der Waals surface area contributed by atoms with Gasteiger partial charge in [-0.15, -0.1) is 11.3 Å². The quantitative estimate of drug-likeness (QED) is 0.798. The van der Waals surface area contributed by atoms with Crippen LogP contribution in [0.15, 0.2) is 10.9 Å². The molecule has 2 aliphatic heterocycles. The first kappa shape index (κ1) is 17.7. The third kappa shape index (κ3) is 3.92. The Bertz CT molecular complexity index is 651. The number of hydrogen-bond acceptors (Lipinski definition) is 6. The smallest absolute Gasteiger partial charge is 0.408 e. The van der Waals surface area contributed by atoms with E-state index in [1.807, 2.05) is 17.2 Å². The number of thiazole rings is 1. The lowest BCUT2D eigenvalue weighted by molar-refractivity contribution is -0.137. The van der Waals surface area contributed by atoms with Crippen LogP contribution >= 0.6 is 11.3 Å². The van der Waals surface area contributed by atoms with E-state index in [-0.39, 0.29) is 11.9 Å². The van der Waals surface area contributed by atoms with Crippen molar-refractivity contribution < 1.29 is 19.1 Å². The summed E-state index contributed by atoms with van der Waals surface area (Å²) in [6.45, 7) is 4.35. The van der Waals surface area contributed by atoms with Gasteiger partial charge >= 0.3 is 6.09 Å². The minimum atomic E-state index is -0.797. The number of cyclic esters (lactones) is 1. The highest BCUT2D eigenvalue weighted by atomic mass is 32.1. The molecule has 2 fully saturated rings. The monoisotopic (exact) mass is 366 g/mol. The number of likely N-dealkylation sites (tertiary alicyclic amines) is 1. The highest BCUT2D eigenvalue weighted by Crippen LogP contribution is 2.19. The first-order valence-electron chi connectivity index (χ1n) is 8.40. The predicted molar refractivity (Wildman–Crippen MR) is 91.0 cm³/mol. The molecule has 0 bridgehead atoms. The normalized spacial score (nSPS) is 26.9. The molecule has 1 aromatic heterocycles. The largest absolute Gasteiger partial charge is 0.444 e. The summed E-state index contributed by atoms with van der Waals surface area (Å²) >= 11 is 1.45. The van der Waals surface area contributed by atoms with Gasteiger partial charge in [-0.2, -0.15) is 0 Å². The maximum Gasteiger partial charge on any atom is 0.408 e. The van der Waals surface area contributed by atoms with Crippen molar-refractivity contribution in [3.63, 3.8) is 0 Å².